The first-order chi connectivity index (χ1) is 6.80. The summed E-state index contributed by atoms with van der Waals surface area (Å²) in [5, 5.41) is 0. The molecule has 1 fully saturated rings. The Morgan fingerprint density at radius 2 is 1.80 bits per heavy atom. The Labute approximate surface area is 107 Å². The zero-order valence-corrected chi connectivity index (χ0v) is 12.5. The van der Waals surface area contributed by atoms with E-state index in [1.165, 1.54) is 6.42 Å². The lowest BCUT2D eigenvalue weighted by atomic mass is 9.69. The number of hydrogen-bond donors (Lipinski definition) is 0. The van der Waals surface area contributed by atoms with Crippen LogP contribution in [-0.2, 0) is 4.79 Å². The van der Waals surface area contributed by atoms with E-state index in [4.69, 9.17) is 0 Å². The Morgan fingerprint density at radius 3 is 2.00 bits per heavy atom. The lowest BCUT2D eigenvalue weighted by molar-refractivity contribution is -0.148. The maximum Gasteiger partial charge on any atom is 0.230 e. The summed E-state index contributed by atoms with van der Waals surface area (Å²) in [6, 6.07) is 0.608. The van der Waals surface area contributed by atoms with Gasteiger partial charge in [-0.1, -0.05) is 22.6 Å². The van der Waals surface area contributed by atoms with E-state index in [9.17, 15) is 4.79 Å². The van der Waals surface area contributed by atoms with E-state index in [0.29, 0.717) is 21.9 Å². The zero-order chi connectivity index (χ0) is 11.8. The second-order valence-electron chi connectivity index (χ2n) is 5.32. The topological polar surface area (TPSA) is 20.3 Å². The Bertz CT molecular complexity index is 244. The van der Waals surface area contributed by atoms with E-state index in [1.807, 2.05) is 4.90 Å². The minimum atomic E-state index is -0.102. The van der Waals surface area contributed by atoms with Crippen molar-refractivity contribution >= 4 is 28.5 Å². The summed E-state index contributed by atoms with van der Waals surface area (Å²) >= 11 is 2.42. The van der Waals surface area contributed by atoms with Gasteiger partial charge >= 0.3 is 0 Å². The van der Waals surface area contributed by atoms with Gasteiger partial charge in [0.2, 0.25) is 5.91 Å². The molecule has 1 rings (SSSR count). The van der Waals surface area contributed by atoms with E-state index < -0.39 is 0 Å². The zero-order valence-electron chi connectivity index (χ0n) is 10.4. The number of carbonyl (C=O) groups excluding carboxylic acids is 1. The molecule has 2 nitrogen and oxygen atoms in total. The Hall–Kier alpha value is 0.200. The van der Waals surface area contributed by atoms with Gasteiger partial charge in [-0.05, 0) is 47.5 Å². The van der Waals surface area contributed by atoms with E-state index in [-0.39, 0.29) is 5.41 Å². The predicted octanol–water partition coefficient (Wildman–Crippen LogP) is 3.24. The van der Waals surface area contributed by atoms with Crippen molar-refractivity contribution in [1.82, 2.24) is 4.90 Å². The molecule has 3 heteroatoms. The minimum Gasteiger partial charge on any atom is -0.337 e. The van der Waals surface area contributed by atoms with Gasteiger partial charge in [-0.25, -0.2) is 0 Å². The third kappa shape index (κ3) is 2.32. The second-order valence-corrected chi connectivity index (χ2v) is 6.83. The molecule has 1 aliphatic carbocycles. The van der Waals surface area contributed by atoms with Crippen LogP contribution in [0, 0.1) is 5.41 Å². The van der Waals surface area contributed by atoms with Crippen LogP contribution in [0.2, 0.25) is 0 Å². The molecule has 0 bridgehead atoms. The summed E-state index contributed by atoms with van der Waals surface area (Å²) < 4.78 is 0.516. The average molecular weight is 323 g/mol. The van der Waals surface area contributed by atoms with Gasteiger partial charge in [-0.2, -0.15) is 0 Å². The molecule has 0 unspecified atom stereocenters. The van der Waals surface area contributed by atoms with Crippen molar-refractivity contribution in [2.45, 2.75) is 63.5 Å². The van der Waals surface area contributed by atoms with Gasteiger partial charge in [0.25, 0.3) is 0 Å². The van der Waals surface area contributed by atoms with Crippen molar-refractivity contribution in [3.05, 3.63) is 0 Å². The maximum absolute atomic E-state index is 12.5. The van der Waals surface area contributed by atoms with Crippen molar-refractivity contribution in [2.24, 2.45) is 5.41 Å². The molecule has 1 saturated carbocycles. The van der Waals surface area contributed by atoms with Crippen molar-refractivity contribution in [3.8, 4) is 0 Å². The minimum absolute atomic E-state index is 0.102. The summed E-state index contributed by atoms with van der Waals surface area (Å²) in [6.07, 6.45) is 2.24. The van der Waals surface area contributed by atoms with Crippen LogP contribution in [-0.4, -0.2) is 26.8 Å². The first-order valence-electron chi connectivity index (χ1n) is 5.77. The van der Waals surface area contributed by atoms with Crippen LogP contribution in [0.1, 0.15) is 47.5 Å². The van der Waals surface area contributed by atoms with Gasteiger partial charge in [0.15, 0.2) is 0 Å². The van der Waals surface area contributed by atoms with E-state index >= 15 is 0 Å². The lowest BCUT2D eigenvalue weighted by Gasteiger charge is -2.47. The summed E-state index contributed by atoms with van der Waals surface area (Å²) in [7, 11) is 0. The molecule has 0 aliphatic heterocycles. The number of amides is 1. The number of alkyl halides is 1. The highest BCUT2D eigenvalue weighted by atomic mass is 127. The largest absolute Gasteiger partial charge is 0.337 e. The first kappa shape index (κ1) is 13.3. The van der Waals surface area contributed by atoms with Crippen molar-refractivity contribution < 1.29 is 4.79 Å². The molecule has 0 aromatic heterocycles. The molecule has 15 heavy (non-hydrogen) atoms. The fourth-order valence-corrected chi connectivity index (χ4v) is 3.18. The summed E-state index contributed by atoms with van der Waals surface area (Å²) in [4.78, 5) is 14.5. The van der Waals surface area contributed by atoms with Crippen molar-refractivity contribution in [2.75, 3.05) is 0 Å². The predicted molar refractivity (Wildman–Crippen MR) is 72.3 cm³/mol. The van der Waals surface area contributed by atoms with Gasteiger partial charge in [-0.3, -0.25) is 4.79 Å². The molecule has 0 saturated heterocycles. The van der Waals surface area contributed by atoms with E-state index in [1.54, 1.807) is 0 Å². The molecule has 1 aliphatic rings. The third-order valence-corrected chi connectivity index (χ3v) is 5.44. The number of rotatable bonds is 3. The second kappa shape index (κ2) is 4.60. The van der Waals surface area contributed by atoms with E-state index in [0.717, 1.165) is 6.42 Å². The summed E-state index contributed by atoms with van der Waals surface area (Å²) in [6.45, 7) is 10.5. The Balaban J connectivity index is 2.81. The molecule has 0 aromatic rings. The molecule has 2 atom stereocenters. The average Bonchev–Trinajstić information content (AvgIpc) is 2.12. The third-order valence-electron chi connectivity index (χ3n) is 3.44. The van der Waals surface area contributed by atoms with Crippen LogP contribution < -0.4 is 0 Å². The number of nitrogens with zero attached hydrogens (tertiary/aromatic N) is 1. The highest BCUT2D eigenvalue weighted by Crippen LogP contribution is 2.47. The number of carbonyl (C=O) groups is 1. The van der Waals surface area contributed by atoms with Crippen molar-refractivity contribution in [3.63, 3.8) is 0 Å². The maximum atomic E-state index is 12.5. The number of halogens is 1. The van der Waals surface area contributed by atoms with Crippen LogP contribution in [0.15, 0.2) is 0 Å². The van der Waals surface area contributed by atoms with Gasteiger partial charge in [0, 0.05) is 16.0 Å². The molecule has 0 N–H and O–H groups in total. The van der Waals surface area contributed by atoms with Crippen LogP contribution in [0.3, 0.4) is 0 Å². The monoisotopic (exact) mass is 323 g/mol. The molecule has 0 radical (unpaired) electrons. The Morgan fingerprint density at radius 1 is 1.33 bits per heavy atom. The highest BCUT2D eigenvalue weighted by molar-refractivity contribution is 14.1. The molecule has 0 spiro atoms. The molecular weight excluding hydrogens is 301 g/mol. The van der Waals surface area contributed by atoms with Gasteiger partial charge in [0.05, 0.1) is 5.41 Å². The molecular formula is C12H22INO. The standard InChI is InChI=1S/C12H22INO/c1-8(2)14(9(3)4)11(15)12(5)7-6-10(12)13/h8-10H,6-7H2,1-5H3/t10-,12-/m0/s1. The van der Waals surface area contributed by atoms with Crippen molar-refractivity contribution in [1.29, 1.82) is 0 Å². The van der Waals surface area contributed by atoms with Crippen LogP contribution in [0.25, 0.3) is 0 Å². The summed E-state index contributed by atoms with van der Waals surface area (Å²) in [5.74, 6) is 0.346. The molecule has 0 aromatic carbocycles. The van der Waals surface area contributed by atoms with Crippen LogP contribution in [0.5, 0.6) is 0 Å². The fourth-order valence-electron chi connectivity index (χ4n) is 2.29. The Kier molecular flexibility index (Phi) is 4.07. The van der Waals surface area contributed by atoms with Gasteiger partial charge < -0.3 is 4.90 Å². The van der Waals surface area contributed by atoms with E-state index in [2.05, 4.69) is 57.2 Å². The fraction of sp³-hybridized carbons (Fsp3) is 0.917. The van der Waals surface area contributed by atoms with Crippen LogP contribution >= 0.6 is 22.6 Å². The SMILES string of the molecule is CC(C)N(C(=O)[C@@]1(C)CC[C@@H]1I)C(C)C. The quantitative estimate of drug-likeness (QED) is 0.577. The molecule has 0 heterocycles. The summed E-state index contributed by atoms with van der Waals surface area (Å²) in [5.41, 5.74) is -0.102. The van der Waals surface area contributed by atoms with Gasteiger partial charge in [0.1, 0.15) is 0 Å². The van der Waals surface area contributed by atoms with Crippen LogP contribution in [0.4, 0.5) is 0 Å². The van der Waals surface area contributed by atoms with Gasteiger partial charge in [-0.15, -0.1) is 0 Å². The molecule has 88 valence electrons. The molecule has 1 amide bonds. The highest BCUT2D eigenvalue weighted by Gasteiger charge is 2.49. The normalized spacial score (nSPS) is 30.5. The number of hydrogen-bond acceptors (Lipinski definition) is 1. The first-order valence-corrected chi connectivity index (χ1v) is 7.02. The lowest BCUT2D eigenvalue weighted by Crippen LogP contribution is -2.56. The smallest absolute Gasteiger partial charge is 0.230 e.